The maximum absolute atomic E-state index is 9.37. The molecule has 120 valence electrons. The first-order valence-corrected chi connectivity index (χ1v) is 7.59. The monoisotopic (exact) mass is 310 g/mol. The summed E-state index contributed by atoms with van der Waals surface area (Å²) in [4.78, 5) is 0. The van der Waals surface area contributed by atoms with Crippen molar-refractivity contribution in [3.05, 3.63) is 59.7 Å². The van der Waals surface area contributed by atoms with E-state index >= 15 is 0 Å². The summed E-state index contributed by atoms with van der Waals surface area (Å²) in [5.41, 5.74) is 1.93. The molecule has 0 amide bonds. The van der Waals surface area contributed by atoms with Crippen molar-refractivity contribution in [3.8, 4) is 23.5 Å². The van der Waals surface area contributed by atoms with Crippen LogP contribution in [0.25, 0.3) is 0 Å². The number of phenols is 1. The Bertz CT molecular complexity index is 688. The Morgan fingerprint density at radius 1 is 1.00 bits per heavy atom. The van der Waals surface area contributed by atoms with Crippen LogP contribution in [0.1, 0.15) is 37.8 Å². The lowest BCUT2D eigenvalue weighted by Crippen LogP contribution is -2.19. The van der Waals surface area contributed by atoms with Crippen LogP contribution in [0.5, 0.6) is 11.5 Å². The molecule has 0 aliphatic carbocycles. The number of rotatable bonds is 5. The molecule has 2 N–H and O–H groups in total. The summed E-state index contributed by atoms with van der Waals surface area (Å²) in [5.74, 6) is 4.00. The number of aliphatic hydroxyl groups excluding tert-OH is 1. The van der Waals surface area contributed by atoms with Gasteiger partial charge in [-0.2, -0.15) is 0 Å². The average molecular weight is 310 g/mol. The van der Waals surface area contributed by atoms with Crippen LogP contribution in [-0.2, 0) is 0 Å². The van der Waals surface area contributed by atoms with E-state index in [2.05, 4.69) is 12.8 Å². The lowest BCUT2D eigenvalue weighted by molar-refractivity contribution is 0.228. The second-order valence-corrected chi connectivity index (χ2v) is 6.29. The zero-order valence-electron chi connectivity index (χ0n) is 13.7. The lowest BCUT2D eigenvalue weighted by Gasteiger charge is -2.18. The molecule has 0 bridgehead atoms. The van der Waals surface area contributed by atoms with E-state index in [1.807, 2.05) is 56.4 Å². The summed E-state index contributed by atoms with van der Waals surface area (Å²) >= 11 is 0. The van der Waals surface area contributed by atoms with Crippen LogP contribution in [0.2, 0.25) is 0 Å². The SMILES string of the molecule is CC(c1ccc(O)cc1)c1ccc(OCC(C)(C)C#CO)cc1. The largest absolute Gasteiger partial charge is 0.508 e. The van der Waals surface area contributed by atoms with E-state index < -0.39 is 5.41 Å². The van der Waals surface area contributed by atoms with E-state index in [4.69, 9.17) is 9.84 Å². The molecule has 0 saturated carbocycles. The van der Waals surface area contributed by atoms with Crippen molar-refractivity contribution in [1.29, 1.82) is 0 Å². The fourth-order valence-corrected chi connectivity index (χ4v) is 2.26. The van der Waals surface area contributed by atoms with Crippen LogP contribution in [0.4, 0.5) is 0 Å². The smallest absolute Gasteiger partial charge is 0.119 e. The molecule has 0 aliphatic heterocycles. The normalized spacial score (nSPS) is 12.1. The molecule has 2 aromatic carbocycles. The van der Waals surface area contributed by atoms with E-state index in [0.29, 0.717) is 6.61 Å². The van der Waals surface area contributed by atoms with Crippen LogP contribution in [0, 0.1) is 17.4 Å². The highest BCUT2D eigenvalue weighted by atomic mass is 16.5. The molecule has 23 heavy (non-hydrogen) atoms. The van der Waals surface area contributed by atoms with E-state index in [9.17, 15) is 5.11 Å². The Balaban J connectivity index is 2.04. The molecular weight excluding hydrogens is 288 g/mol. The second kappa shape index (κ2) is 7.11. The maximum atomic E-state index is 9.37. The van der Waals surface area contributed by atoms with Gasteiger partial charge in [0, 0.05) is 5.92 Å². The third-order valence-electron chi connectivity index (χ3n) is 3.77. The molecular formula is C20H22O3. The van der Waals surface area contributed by atoms with Gasteiger partial charge in [-0.3, -0.25) is 0 Å². The van der Waals surface area contributed by atoms with Crippen LogP contribution in [0.15, 0.2) is 48.5 Å². The van der Waals surface area contributed by atoms with Crippen LogP contribution >= 0.6 is 0 Å². The van der Waals surface area contributed by atoms with Gasteiger partial charge in [0.15, 0.2) is 0 Å². The van der Waals surface area contributed by atoms with E-state index in [1.165, 1.54) is 5.56 Å². The minimum atomic E-state index is -0.396. The number of hydrogen-bond donors (Lipinski definition) is 2. The summed E-state index contributed by atoms with van der Waals surface area (Å²) in [5, 5.41) is 18.1. The van der Waals surface area contributed by atoms with Gasteiger partial charge in [0.25, 0.3) is 0 Å². The number of aromatic hydroxyl groups is 1. The number of phenolic OH excluding ortho intramolecular Hbond substituents is 1. The molecule has 2 aromatic rings. The summed E-state index contributed by atoms with van der Waals surface area (Å²) in [7, 11) is 0. The van der Waals surface area contributed by atoms with Crippen molar-refractivity contribution < 1.29 is 14.9 Å². The van der Waals surface area contributed by atoms with E-state index in [1.54, 1.807) is 12.1 Å². The molecule has 2 rings (SSSR count). The van der Waals surface area contributed by atoms with Gasteiger partial charge in [-0.15, -0.1) is 0 Å². The van der Waals surface area contributed by atoms with Gasteiger partial charge in [-0.1, -0.05) is 37.1 Å². The Morgan fingerprint density at radius 3 is 2.04 bits per heavy atom. The molecule has 0 fully saturated rings. The van der Waals surface area contributed by atoms with Gasteiger partial charge >= 0.3 is 0 Å². The van der Waals surface area contributed by atoms with Crippen molar-refractivity contribution in [2.24, 2.45) is 5.41 Å². The minimum absolute atomic E-state index is 0.237. The molecule has 1 atom stereocenters. The average Bonchev–Trinajstić information content (AvgIpc) is 2.53. The van der Waals surface area contributed by atoms with E-state index in [0.717, 1.165) is 11.3 Å². The Labute approximate surface area is 137 Å². The van der Waals surface area contributed by atoms with Crippen LogP contribution < -0.4 is 4.74 Å². The molecule has 0 saturated heterocycles. The number of hydrogen-bond acceptors (Lipinski definition) is 3. The summed E-state index contributed by atoms with van der Waals surface area (Å²) in [6, 6.07) is 15.2. The molecule has 0 radical (unpaired) electrons. The number of aliphatic hydroxyl groups is 1. The predicted molar refractivity (Wildman–Crippen MR) is 91.1 cm³/mol. The highest BCUT2D eigenvalue weighted by Gasteiger charge is 2.16. The zero-order valence-corrected chi connectivity index (χ0v) is 13.7. The predicted octanol–water partition coefficient (Wildman–Crippen LogP) is 4.28. The summed E-state index contributed by atoms with van der Waals surface area (Å²) in [6.45, 7) is 6.37. The minimum Gasteiger partial charge on any atom is -0.508 e. The highest BCUT2D eigenvalue weighted by Crippen LogP contribution is 2.27. The fraction of sp³-hybridized carbons (Fsp3) is 0.300. The molecule has 0 spiro atoms. The van der Waals surface area contributed by atoms with Gasteiger partial charge in [-0.25, -0.2) is 0 Å². The molecule has 3 nitrogen and oxygen atoms in total. The van der Waals surface area contributed by atoms with Gasteiger partial charge in [0.1, 0.15) is 24.2 Å². The number of ether oxygens (including phenoxy) is 1. The molecule has 1 unspecified atom stereocenters. The topological polar surface area (TPSA) is 49.7 Å². The quantitative estimate of drug-likeness (QED) is 0.810. The van der Waals surface area contributed by atoms with Crippen molar-refractivity contribution in [1.82, 2.24) is 0 Å². The summed E-state index contributed by atoms with van der Waals surface area (Å²) in [6.07, 6.45) is 1.94. The number of benzene rings is 2. The first-order valence-electron chi connectivity index (χ1n) is 7.59. The third-order valence-corrected chi connectivity index (χ3v) is 3.77. The van der Waals surface area contributed by atoms with Crippen LogP contribution in [0.3, 0.4) is 0 Å². The van der Waals surface area contributed by atoms with Gasteiger partial charge in [0.05, 0.1) is 5.41 Å². The van der Waals surface area contributed by atoms with Crippen molar-refractivity contribution in [2.45, 2.75) is 26.7 Å². The molecule has 3 heteroatoms. The fourth-order valence-electron chi connectivity index (χ4n) is 2.26. The standard InChI is InChI=1S/C20H22O3/c1-15(16-4-8-18(22)9-5-16)17-6-10-19(11-7-17)23-14-20(2,3)12-13-21/h4-11,15,21-22H,14H2,1-3H3. The molecule has 0 heterocycles. The Hall–Kier alpha value is -2.60. The first-order chi connectivity index (χ1) is 10.9. The highest BCUT2D eigenvalue weighted by molar-refractivity contribution is 5.37. The molecule has 0 aromatic heterocycles. The van der Waals surface area contributed by atoms with E-state index in [-0.39, 0.29) is 11.7 Å². The third kappa shape index (κ3) is 4.69. The van der Waals surface area contributed by atoms with Crippen molar-refractivity contribution in [3.63, 3.8) is 0 Å². The van der Waals surface area contributed by atoms with Gasteiger partial charge < -0.3 is 14.9 Å². The van der Waals surface area contributed by atoms with Gasteiger partial charge in [-0.05, 0) is 49.2 Å². The van der Waals surface area contributed by atoms with Gasteiger partial charge in [0.2, 0.25) is 0 Å². The maximum Gasteiger partial charge on any atom is 0.119 e. The second-order valence-electron chi connectivity index (χ2n) is 6.29. The summed E-state index contributed by atoms with van der Waals surface area (Å²) < 4.78 is 5.73. The first kappa shape index (κ1) is 16.8. The molecule has 0 aliphatic rings. The van der Waals surface area contributed by atoms with Crippen LogP contribution in [-0.4, -0.2) is 16.8 Å². The van der Waals surface area contributed by atoms with Crippen molar-refractivity contribution >= 4 is 0 Å². The Morgan fingerprint density at radius 2 is 1.52 bits per heavy atom. The van der Waals surface area contributed by atoms with Crippen molar-refractivity contribution in [2.75, 3.05) is 6.61 Å². The lowest BCUT2D eigenvalue weighted by atomic mass is 9.93. The Kier molecular flexibility index (Phi) is 5.18. The zero-order chi connectivity index (χ0) is 16.9.